The van der Waals surface area contributed by atoms with Crippen LogP contribution < -0.4 is 4.90 Å². The Morgan fingerprint density at radius 2 is 2.11 bits per heavy atom. The van der Waals surface area contributed by atoms with Crippen LogP contribution in [0.15, 0.2) is 22.2 Å². The zero-order valence-corrected chi connectivity index (χ0v) is 11.5. The molecule has 6 nitrogen and oxygen atoms in total. The average Bonchev–Trinajstić information content (AvgIpc) is 3.05. The van der Waals surface area contributed by atoms with Crippen LogP contribution in [-0.4, -0.2) is 27.2 Å². The number of nitrogens with zero attached hydrogens (tertiary/aromatic N) is 5. The lowest BCUT2D eigenvalue weighted by molar-refractivity contribution is 0.452. The van der Waals surface area contributed by atoms with Crippen molar-refractivity contribution in [1.82, 2.24) is 20.2 Å². The summed E-state index contributed by atoms with van der Waals surface area (Å²) in [6.45, 7) is 2.53. The van der Waals surface area contributed by atoms with E-state index < -0.39 is 0 Å². The van der Waals surface area contributed by atoms with Gasteiger partial charge in [-0.2, -0.15) is 0 Å². The highest BCUT2D eigenvalue weighted by Crippen LogP contribution is 2.27. The van der Waals surface area contributed by atoms with Gasteiger partial charge in [-0.25, -0.2) is 9.97 Å². The largest absolute Gasteiger partial charge is 0.423 e. The van der Waals surface area contributed by atoms with Gasteiger partial charge in [0.2, 0.25) is 11.8 Å². The number of rotatable bonds is 4. The number of aryl methyl sites for hydroxylation is 1. The molecular formula is C12H13N5OS. The highest BCUT2D eigenvalue weighted by molar-refractivity contribution is 7.17. The number of aromatic nitrogens is 4. The minimum atomic E-state index is 0.539. The van der Waals surface area contributed by atoms with E-state index in [1.54, 1.807) is 17.7 Å². The second-order valence-corrected chi connectivity index (χ2v) is 5.05. The summed E-state index contributed by atoms with van der Waals surface area (Å²) >= 11 is 1.63. The SMILES string of the molecule is CCc1nnc(CN(C)c2ncnc3ccsc23)o1. The molecule has 0 amide bonds. The third kappa shape index (κ3) is 2.28. The summed E-state index contributed by atoms with van der Waals surface area (Å²) in [5, 5.41) is 9.99. The first kappa shape index (κ1) is 12.0. The molecule has 0 bridgehead atoms. The number of hydrogen-bond acceptors (Lipinski definition) is 7. The maximum absolute atomic E-state index is 5.51. The molecule has 98 valence electrons. The van der Waals surface area contributed by atoms with E-state index in [1.165, 1.54) is 0 Å². The van der Waals surface area contributed by atoms with E-state index in [4.69, 9.17) is 4.42 Å². The van der Waals surface area contributed by atoms with E-state index in [9.17, 15) is 0 Å². The van der Waals surface area contributed by atoms with E-state index in [2.05, 4.69) is 20.2 Å². The third-order valence-electron chi connectivity index (χ3n) is 2.77. The van der Waals surface area contributed by atoms with Crippen LogP contribution in [0.2, 0.25) is 0 Å². The van der Waals surface area contributed by atoms with Gasteiger partial charge in [0.1, 0.15) is 12.1 Å². The summed E-state index contributed by atoms with van der Waals surface area (Å²) in [5.41, 5.74) is 0.960. The third-order valence-corrected chi connectivity index (χ3v) is 3.67. The van der Waals surface area contributed by atoms with Gasteiger partial charge in [0.25, 0.3) is 0 Å². The van der Waals surface area contributed by atoms with Gasteiger partial charge >= 0.3 is 0 Å². The molecule has 3 rings (SSSR count). The first-order valence-electron chi connectivity index (χ1n) is 5.98. The van der Waals surface area contributed by atoms with Gasteiger partial charge in [0, 0.05) is 13.5 Å². The van der Waals surface area contributed by atoms with Gasteiger partial charge in [-0.1, -0.05) is 6.92 Å². The maximum Gasteiger partial charge on any atom is 0.235 e. The van der Waals surface area contributed by atoms with Crippen LogP contribution in [0.5, 0.6) is 0 Å². The van der Waals surface area contributed by atoms with Crippen molar-refractivity contribution in [3.8, 4) is 0 Å². The quantitative estimate of drug-likeness (QED) is 0.727. The Bertz CT molecular complexity index is 692. The Kier molecular flexibility index (Phi) is 3.12. The van der Waals surface area contributed by atoms with Crippen molar-refractivity contribution in [3.05, 3.63) is 29.6 Å². The van der Waals surface area contributed by atoms with Crippen molar-refractivity contribution in [1.29, 1.82) is 0 Å². The summed E-state index contributed by atoms with van der Waals surface area (Å²) in [6, 6.07) is 1.99. The van der Waals surface area contributed by atoms with Crippen molar-refractivity contribution < 1.29 is 4.42 Å². The minimum Gasteiger partial charge on any atom is -0.423 e. The monoisotopic (exact) mass is 275 g/mol. The molecule has 3 heterocycles. The lowest BCUT2D eigenvalue weighted by atomic mass is 10.4. The molecule has 7 heteroatoms. The van der Waals surface area contributed by atoms with Crippen LogP contribution in [-0.2, 0) is 13.0 Å². The fraction of sp³-hybridized carbons (Fsp3) is 0.333. The molecule has 0 spiro atoms. The number of hydrogen-bond donors (Lipinski definition) is 0. The van der Waals surface area contributed by atoms with Crippen LogP contribution in [0.1, 0.15) is 18.7 Å². The Labute approximate surface area is 114 Å². The zero-order valence-electron chi connectivity index (χ0n) is 10.7. The number of fused-ring (bicyclic) bond motifs is 1. The van der Waals surface area contributed by atoms with Gasteiger partial charge in [-0.15, -0.1) is 21.5 Å². The van der Waals surface area contributed by atoms with Gasteiger partial charge in [-0.3, -0.25) is 0 Å². The molecule has 0 radical (unpaired) electrons. The van der Waals surface area contributed by atoms with Gasteiger partial charge in [0.05, 0.1) is 16.8 Å². The standard InChI is InChI=1S/C12H13N5OS/c1-3-9-15-16-10(18-9)6-17(2)12-11-8(4-5-19-11)13-7-14-12/h4-5,7H,3,6H2,1-2H3. The lowest BCUT2D eigenvalue weighted by Gasteiger charge is -2.15. The second-order valence-electron chi connectivity index (χ2n) is 4.13. The van der Waals surface area contributed by atoms with Crippen LogP contribution in [0.4, 0.5) is 5.82 Å². The molecule has 0 unspecified atom stereocenters. The molecule has 0 atom stereocenters. The number of anilines is 1. The molecule has 0 aliphatic carbocycles. The molecular weight excluding hydrogens is 262 g/mol. The molecule has 0 aliphatic rings. The van der Waals surface area contributed by atoms with E-state index in [0.29, 0.717) is 18.3 Å². The van der Waals surface area contributed by atoms with Crippen molar-refractivity contribution in [2.45, 2.75) is 19.9 Å². The van der Waals surface area contributed by atoms with E-state index >= 15 is 0 Å². The van der Waals surface area contributed by atoms with Crippen LogP contribution in [0, 0.1) is 0 Å². The van der Waals surface area contributed by atoms with Gasteiger partial charge in [0.15, 0.2) is 0 Å². The van der Waals surface area contributed by atoms with Gasteiger partial charge in [-0.05, 0) is 11.4 Å². The summed E-state index contributed by atoms with van der Waals surface area (Å²) < 4.78 is 6.58. The topological polar surface area (TPSA) is 67.9 Å². The maximum atomic E-state index is 5.51. The first-order valence-corrected chi connectivity index (χ1v) is 6.86. The van der Waals surface area contributed by atoms with E-state index in [-0.39, 0.29) is 0 Å². The predicted octanol–water partition coefficient (Wildman–Crippen LogP) is 2.27. The summed E-state index contributed by atoms with van der Waals surface area (Å²) in [5.74, 6) is 2.14. The molecule has 3 aromatic heterocycles. The summed E-state index contributed by atoms with van der Waals surface area (Å²) in [4.78, 5) is 10.6. The van der Waals surface area contributed by atoms with Crippen LogP contribution >= 0.6 is 11.3 Å². The predicted molar refractivity (Wildman–Crippen MR) is 73.2 cm³/mol. The molecule has 3 aromatic rings. The van der Waals surface area contributed by atoms with E-state index in [0.717, 1.165) is 22.5 Å². The lowest BCUT2D eigenvalue weighted by Crippen LogP contribution is -2.18. The molecule has 0 aromatic carbocycles. The fourth-order valence-electron chi connectivity index (χ4n) is 1.82. The molecule has 0 fully saturated rings. The smallest absolute Gasteiger partial charge is 0.235 e. The van der Waals surface area contributed by atoms with Crippen molar-refractivity contribution in [2.24, 2.45) is 0 Å². The number of thiophene rings is 1. The minimum absolute atomic E-state index is 0.539. The van der Waals surface area contributed by atoms with Crippen molar-refractivity contribution >= 4 is 27.4 Å². The van der Waals surface area contributed by atoms with Crippen LogP contribution in [0.25, 0.3) is 10.2 Å². The Hall–Kier alpha value is -2.02. The Morgan fingerprint density at radius 1 is 1.26 bits per heavy atom. The molecule has 19 heavy (non-hydrogen) atoms. The zero-order chi connectivity index (χ0) is 13.2. The highest BCUT2D eigenvalue weighted by Gasteiger charge is 2.13. The highest BCUT2D eigenvalue weighted by atomic mass is 32.1. The van der Waals surface area contributed by atoms with Crippen LogP contribution in [0.3, 0.4) is 0 Å². The fourth-order valence-corrected chi connectivity index (χ4v) is 2.71. The van der Waals surface area contributed by atoms with Crippen molar-refractivity contribution in [2.75, 3.05) is 11.9 Å². The first-order chi connectivity index (χ1) is 9.28. The summed E-state index contributed by atoms with van der Waals surface area (Å²) in [7, 11) is 1.96. The Morgan fingerprint density at radius 3 is 2.89 bits per heavy atom. The second kappa shape index (κ2) is 4.93. The van der Waals surface area contributed by atoms with E-state index in [1.807, 2.05) is 30.3 Å². The average molecular weight is 275 g/mol. The van der Waals surface area contributed by atoms with Gasteiger partial charge < -0.3 is 9.32 Å². The molecule has 0 aliphatic heterocycles. The molecule has 0 saturated heterocycles. The van der Waals surface area contributed by atoms with Crippen molar-refractivity contribution in [3.63, 3.8) is 0 Å². The normalized spacial score (nSPS) is 11.1. The molecule has 0 saturated carbocycles. The Balaban J connectivity index is 1.87. The summed E-state index contributed by atoms with van der Waals surface area (Å²) in [6.07, 6.45) is 2.32. The molecule has 0 N–H and O–H groups in total.